The lowest BCUT2D eigenvalue weighted by Gasteiger charge is -2.38. The van der Waals surface area contributed by atoms with Crippen molar-refractivity contribution in [1.29, 1.82) is 0 Å². The van der Waals surface area contributed by atoms with Crippen molar-refractivity contribution in [2.45, 2.75) is 37.9 Å². The van der Waals surface area contributed by atoms with Gasteiger partial charge in [-0.2, -0.15) is 0 Å². The minimum absolute atomic E-state index is 0.0435. The molecule has 5 heteroatoms. The van der Waals surface area contributed by atoms with Crippen molar-refractivity contribution in [3.8, 4) is 0 Å². The molecule has 1 aliphatic rings. The van der Waals surface area contributed by atoms with Crippen LogP contribution in [0.3, 0.4) is 0 Å². The van der Waals surface area contributed by atoms with Gasteiger partial charge in [-0.15, -0.1) is 0 Å². The second-order valence-electron chi connectivity index (χ2n) is 5.26. The van der Waals surface area contributed by atoms with E-state index in [0.29, 0.717) is 0 Å². The Labute approximate surface area is 124 Å². The summed E-state index contributed by atoms with van der Waals surface area (Å²) >= 11 is 5.90. The number of carboxylic acid groups (broad SMARTS) is 1. The molecule has 4 nitrogen and oxygen atoms in total. The van der Waals surface area contributed by atoms with Crippen molar-refractivity contribution in [2.75, 3.05) is 13.6 Å². The van der Waals surface area contributed by atoms with Crippen LogP contribution in [0.5, 0.6) is 0 Å². The van der Waals surface area contributed by atoms with Crippen molar-refractivity contribution < 1.29 is 9.90 Å². The van der Waals surface area contributed by atoms with Crippen molar-refractivity contribution in [3.05, 3.63) is 34.9 Å². The van der Waals surface area contributed by atoms with E-state index in [1.165, 1.54) is 5.56 Å². The number of carbonyl (C=O) groups is 1. The Hall–Kier alpha value is -1.10. The lowest BCUT2D eigenvalue weighted by molar-refractivity contribution is -0.141. The zero-order valence-electron chi connectivity index (χ0n) is 11.7. The van der Waals surface area contributed by atoms with Crippen LogP contribution < -0.4 is 5.32 Å². The normalized spacial score (nSPS) is 21.6. The van der Waals surface area contributed by atoms with Crippen LogP contribution in [0.1, 0.15) is 24.8 Å². The van der Waals surface area contributed by atoms with Gasteiger partial charge in [0.05, 0.1) is 0 Å². The van der Waals surface area contributed by atoms with Gasteiger partial charge < -0.3 is 10.4 Å². The highest BCUT2D eigenvalue weighted by molar-refractivity contribution is 6.30. The van der Waals surface area contributed by atoms with E-state index in [1.54, 1.807) is 7.05 Å². The molecule has 0 aromatic heterocycles. The van der Waals surface area contributed by atoms with E-state index in [4.69, 9.17) is 11.6 Å². The molecule has 1 aromatic rings. The lowest BCUT2D eigenvalue weighted by atomic mass is 9.95. The first-order chi connectivity index (χ1) is 9.61. The van der Waals surface area contributed by atoms with Gasteiger partial charge in [0.25, 0.3) is 0 Å². The smallest absolute Gasteiger partial charge is 0.322 e. The van der Waals surface area contributed by atoms with Gasteiger partial charge in [0.1, 0.15) is 6.04 Å². The zero-order chi connectivity index (χ0) is 14.5. The molecule has 0 amide bonds. The number of nitrogens with zero attached hydrogens (tertiary/aromatic N) is 1. The average molecular weight is 297 g/mol. The molecule has 1 saturated heterocycles. The zero-order valence-corrected chi connectivity index (χ0v) is 12.4. The summed E-state index contributed by atoms with van der Waals surface area (Å²) in [6, 6.07) is 7.29. The minimum Gasteiger partial charge on any atom is -0.480 e. The van der Waals surface area contributed by atoms with Crippen LogP contribution in [0.2, 0.25) is 5.02 Å². The fourth-order valence-corrected chi connectivity index (χ4v) is 3.02. The average Bonchev–Trinajstić information content (AvgIpc) is 2.43. The molecule has 110 valence electrons. The molecule has 2 unspecified atom stereocenters. The standard InChI is InChI=1S/C15H21ClN2O2/c1-17-14(15(19)20)13-4-2-3-9-18(13)10-11-5-7-12(16)8-6-11/h5-8,13-14,17H,2-4,9-10H2,1H3,(H,19,20). The number of aliphatic carboxylic acids is 1. The van der Waals surface area contributed by atoms with Crippen LogP contribution in [0, 0.1) is 0 Å². The van der Waals surface area contributed by atoms with E-state index < -0.39 is 12.0 Å². The van der Waals surface area contributed by atoms with Crippen molar-refractivity contribution in [3.63, 3.8) is 0 Å². The number of benzene rings is 1. The highest BCUT2D eigenvalue weighted by Crippen LogP contribution is 2.23. The molecule has 2 N–H and O–H groups in total. The summed E-state index contributed by atoms with van der Waals surface area (Å²) < 4.78 is 0. The number of hydrogen-bond donors (Lipinski definition) is 2. The summed E-state index contributed by atoms with van der Waals surface area (Å²) in [7, 11) is 1.72. The van der Waals surface area contributed by atoms with Crippen LogP contribution in [-0.4, -0.2) is 41.7 Å². The molecule has 0 aliphatic carbocycles. The Balaban J connectivity index is 2.10. The largest absolute Gasteiger partial charge is 0.480 e. The number of likely N-dealkylation sites (N-methyl/N-ethyl adjacent to an activating group) is 1. The topological polar surface area (TPSA) is 52.6 Å². The second-order valence-corrected chi connectivity index (χ2v) is 5.70. The predicted molar refractivity (Wildman–Crippen MR) is 80.0 cm³/mol. The van der Waals surface area contributed by atoms with Gasteiger partial charge in [-0.1, -0.05) is 30.2 Å². The van der Waals surface area contributed by atoms with Gasteiger partial charge in [0.2, 0.25) is 0 Å². The highest BCUT2D eigenvalue weighted by atomic mass is 35.5. The van der Waals surface area contributed by atoms with E-state index in [0.717, 1.165) is 37.4 Å². The molecule has 2 rings (SSSR count). The van der Waals surface area contributed by atoms with E-state index in [1.807, 2.05) is 24.3 Å². The quantitative estimate of drug-likeness (QED) is 0.876. The Morgan fingerprint density at radius 1 is 1.45 bits per heavy atom. The number of piperidine rings is 1. The maximum absolute atomic E-state index is 11.4. The minimum atomic E-state index is -0.777. The van der Waals surface area contributed by atoms with E-state index >= 15 is 0 Å². The first kappa shape index (κ1) is 15.3. The SMILES string of the molecule is CNC(C(=O)O)C1CCCCN1Cc1ccc(Cl)cc1. The third-order valence-corrected chi connectivity index (χ3v) is 4.18. The summed E-state index contributed by atoms with van der Waals surface area (Å²) in [6.07, 6.45) is 3.14. The number of carboxylic acids is 1. The molecular weight excluding hydrogens is 276 g/mol. The summed E-state index contributed by atoms with van der Waals surface area (Å²) in [6.45, 7) is 1.71. The van der Waals surface area contributed by atoms with Gasteiger partial charge >= 0.3 is 5.97 Å². The summed E-state index contributed by atoms with van der Waals surface area (Å²) in [5, 5.41) is 13.0. The van der Waals surface area contributed by atoms with Crippen LogP contribution in [0.25, 0.3) is 0 Å². The molecule has 1 fully saturated rings. The number of rotatable bonds is 5. The maximum Gasteiger partial charge on any atom is 0.322 e. The Morgan fingerprint density at radius 2 is 2.15 bits per heavy atom. The van der Waals surface area contributed by atoms with E-state index in [2.05, 4.69) is 10.2 Å². The first-order valence-corrected chi connectivity index (χ1v) is 7.38. The molecular formula is C15H21ClN2O2. The summed E-state index contributed by atoms with van der Waals surface area (Å²) in [5.41, 5.74) is 1.17. The van der Waals surface area contributed by atoms with Crippen molar-refractivity contribution >= 4 is 17.6 Å². The Bertz CT molecular complexity index is 450. The molecule has 20 heavy (non-hydrogen) atoms. The Kier molecular flexibility index (Phi) is 5.40. The number of halogens is 1. The molecule has 0 bridgehead atoms. The monoisotopic (exact) mass is 296 g/mol. The molecule has 1 aromatic carbocycles. The highest BCUT2D eigenvalue weighted by Gasteiger charge is 2.33. The molecule has 2 atom stereocenters. The fraction of sp³-hybridized carbons (Fsp3) is 0.533. The fourth-order valence-electron chi connectivity index (χ4n) is 2.90. The Morgan fingerprint density at radius 3 is 2.75 bits per heavy atom. The van der Waals surface area contributed by atoms with Gasteiger partial charge in [-0.25, -0.2) is 0 Å². The number of hydrogen-bond acceptors (Lipinski definition) is 3. The number of likely N-dealkylation sites (tertiary alicyclic amines) is 1. The van der Waals surface area contributed by atoms with Crippen molar-refractivity contribution in [1.82, 2.24) is 10.2 Å². The predicted octanol–water partition coefficient (Wildman–Crippen LogP) is 2.37. The molecule has 1 heterocycles. The lowest BCUT2D eigenvalue weighted by Crippen LogP contribution is -2.54. The van der Waals surface area contributed by atoms with Crippen LogP contribution >= 0.6 is 11.6 Å². The van der Waals surface area contributed by atoms with E-state index in [9.17, 15) is 9.90 Å². The third kappa shape index (κ3) is 3.72. The van der Waals surface area contributed by atoms with Crippen molar-refractivity contribution in [2.24, 2.45) is 0 Å². The van der Waals surface area contributed by atoms with Crippen LogP contribution in [0.15, 0.2) is 24.3 Å². The van der Waals surface area contributed by atoms with Crippen LogP contribution in [0.4, 0.5) is 0 Å². The van der Waals surface area contributed by atoms with Gasteiger partial charge in [-0.05, 0) is 44.1 Å². The first-order valence-electron chi connectivity index (χ1n) is 7.00. The van der Waals surface area contributed by atoms with Gasteiger partial charge in [0.15, 0.2) is 0 Å². The summed E-state index contributed by atoms with van der Waals surface area (Å²) in [4.78, 5) is 13.6. The second kappa shape index (κ2) is 7.07. The van der Waals surface area contributed by atoms with E-state index in [-0.39, 0.29) is 6.04 Å². The third-order valence-electron chi connectivity index (χ3n) is 3.92. The summed E-state index contributed by atoms with van der Waals surface area (Å²) in [5.74, 6) is -0.777. The molecule has 0 radical (unpaired) electrons. The van der Waals surface area contributed by atoms with Gasteiger partial charge in [0, 0.05) is 17.6 Å². The maximum atomic E-state index is 11.4. The number of nitrogens with one attached hydrogen (secondary N) is 1. The van der Waals surface area contributed by atoms with Crippen LogP contribution in [-0.2, 0) is 11.3 Å². The van der Waals surface area contributed by atoms with Gasteiger partial charge in [-0.3, -0.25) is 9.69 Å². The molecule has 1 aliphatic heterocycles. The molecule has 0 saturated carbocycles. The molecule has 0 spiro atoms.